The van der Waals surface area contributed by atoms with Crippen molar-refractivity contribution in [1.29, 1.82) is 0 Å². The molecule has 1 unspecified atom stereocenters. The fraction of sp³-hybridized carbons (Fsp3) is 0.364. The van der Waals surface area contributed by atoms with E-state index in [0.29, 0.717) is 30.1 Å². The second-order valence-corrected chi connectivity index (χ2v) is 6.77. The highest BCUT2D eigenvalue weighted by Gasteiger charge is 2.45. The Labute approximate surface area is 116 Å². The molecule has 5 N–H and O–H groups in total. The van der Waals surface area contributed by atoms with E-state index in [1.807, 2.05) is 0 Å². The Kier molecular flexibility index (Phi) is 4.16. The third-order valence-corrected chi connectivity index (χ3v) is 5.16. The highest BCUT2D eigenvalue weighted by atomic mass is 35.5. The van der Waals surface area contributed by atoms with E-state index in [1.165, 1.54) is 0 Å². The number of nitrogens with two attached hydrogens (primary N) is 2. The minimum Gasteiger partial charge on any atom is -0.337 e. The summed E-state index contributed by atoms with van der Waals surface area (Å²) in [5.41, 5.74) is 6.60. The number of nitrogens with one attached hydrogen (secondary N) is 1. The van der Waals surface area contributed by atoms with Gasteiger partial charge in [0.25, 0.3) is 5.91 Å². The molecular formula is C11H16ClN4O2P. The van der Waals surface area contributed by atoms with E-state index in [9.17, 15) is 9.36 Å². The monoisotopic (exact) mass is 302 g/mol. The molecule has 19 heavy (non-hydrogen) atoms. The molecule has 2 atom stereocenters. The fourth-order valence-corrected chi connectivity index (χ4v) is 3.50. The van der Waals surface area contributed by atoms with Crippen LogP contribution in [-0.2, 0) is 9.36 Å². The van der Waals surface area contributed by atoms with Gasteiger partial charge in [-0.15, -0.1) is 0 Å². The van der Waals surface area contributed by atoms with Crippen molar-refractivity contribution in [2.75, 3.05) is 11.6 Å². The number of hydrogen-bond acceptors (Lipinski definition) is 4. The Balaban J connectivity index is 2.14. The van der Waals surface area contributed by atoms with Crippen LogP contribution in [0.1, 0.15) is 12.8 Å². The van der Waals surface area contributed by atoms with Crippen molar-refractivity contribution in [1.82, 2.24) is 5.01 Å². The molecule has 2 rings (SSSR count). The Hall–Kier alpha value is -1.07. The zero-order valence-corrected chi connectivity index (χ0v) is 12.0. The molecule has 104 valence electrons. The maximum absolute atomic E-state index is 12.3. The van der Waals surface area contributed by atoms with Crippen molar-refractivity contribution in [3.8, 4) is 0 Å². The van der Waals surface area contributed by atoms with Crippen molar-refractivity contribution in [2.45, 2.75) is 18.1 Å². The van der Waals surface area contributed by atoms with Crippen molar-refractivity contribution in [3.63, 3.8) is 0 Å². The number of halogens is 1. The van der Waals surface area contributed by atoms with Crippen LogP contribution < -0.4 is 16.7 Å². The Bertz CT molecular complexity index is 510. The summed E-state index contributed by atoms with van der Waals surface area (Å²) in [5.74, 6) is 5.06. The molecule has 0 aliphatic carbocycles. The molecule has 0 saturated carbocycles. The maximum atomic E-state index is 12.3. The van der Waals surface area contributed by atoms with Crippen LogP contribution in [0.2, 0.25) is 5.02 Å². The first-order chi connectivity index (χ1) is 8.93. The van der Waals surface area contributed by atoms with Gasteiger partial charge in [-0.1, -0.05) is 11.6 Å². The van der Waals surface area contributed by atoms with Crippen LogP contribution in [0.15, 0.2) is 24.3 Å². The van der Waals surface area contributed by atoms with E-state index in [0.717, 1.165) is 5.01 Å². The van der Waals surface area contributed by atoms with Crippen LogP contribution in [0.4, 0.5) is 5.69 Å². The van der Waals surface area contributed by atoms with Crippen LogP contribution in [0, 0.1) is 0 Å². The summed E-state index contributed by atoms with van der Waals surface area (Å²) in [6, 6.07) is 6.70. The Morgan fingerprint density at radius 2 is 2.00 bits per heavy atom. The largest absolute Gasteiger partial charge is 0.337 e. The number of rotatable bonds is 3. The van der Waals surface area contributed by atoms with Crippen molar-refractivity contribution < 1.29 is 9.36 Å². The number of amides is 1. The number of carbonyl (C=O) groups is 1. The zero-order chi connectivity index (χ0) is 14.0. The Morgan fingerprint density at radius 3 is 2.63 bits per heavy atom. The van der Waals surface area contributed by atoms with E-state index in [2.05, 4.69) is 5.09 Å². The molecule has 0 aromatic heterocycles. The molecule has 8 heteroatoms. The molecular weight excluding hydrogens is 287 g/mol. The highest BCUT2D eigenvalue weighted by Crippen LogP contribution is 2.41. The van der Waals surface area contributed by atoms with Gasteiger partial charge in [-0.05, 0) is 37.1 Å². The zero-order valence-electron chi connectivity index (χ0n) is 10.2. The minimum absolute atomic E-state index is 0.359. The van der Waals surface area contributed by atoms with Crippen LogP contribution in [-0.4, -0.2) is 22.7 Å². The molecule has 0 radical (unpaired) electrons. The molecule has 1 heterocycles. The van der Waals surface area contributed by atoms with E-state index in [1.54, 1.807) is 24.3 Å². The molecule has 1 aromatic rings. The van der Waals surface area contributed by atoms with Gasteiger partial charge in [0.2, 0.25) is 0 Å². The van der Waals surface area contributed by atoms with Gasteiger partial charge in [0.05, 0.1) is 0 Å². The molecule has 1 aliphatic rings. The fourth-order valence-electron chi connectivity index (χ4n) is 1.98. The maximum Gasteiger partial charge on any atom is 0.265 e. The Morgan fingerprint density at radius 1 is 1.37 bits per heavy atom. The molecule has 1 aromatic carbocycles. The predicted octanol–water partition coefficient (Wildman–Crippen LogP) is 1.38. The van der Waals surface area contributed by atoms with E-state index < -0.39 is 19.1 Å². The predicted molar refractivity (Wildman–Crippen MR) is 76.1 cm³/mol. The lowest BCUT2D eigenvalue weighted by Crippen LogP contribution is -2.59. The van der Waals surface area contributed by atoms with E-state index in [-0.39, 0.29) is 0 Å². The lowest BCUT2D eigenvalue weighted by Gasteiger charge is -2.36. The van der Waals surface area contributed by atoms with Crippen LogP contribution in [0.3, 0.4) is 0 Å². The molecule has 1 amide bonds. The minimum atomic E-state index is -2.57. The SMILES string of the molecule is NN1CCC[C@](N)([PH](=O)Nc2ccc(Cl)cc2)C1=O. The van der Waals surface area contributed by atoms with Crippen molar-refractivity contribution >= 4 is 31.1 Å². The second-order valence-electron chi connectivity index (χ2n) is 4.53. The summed E-state index contributed by atoms with van der Waals surface area (Å²) >= 11 is 5.77. The third kappa shape index (κ3) is 2.92. The van der Waals surface area contributed by atoms with Gasteiger partial charge in [-0.3, -0.25) is 9.80 Å². The van der Waals surface area contributed by atoms with Gasteiger partial charge in [-0.2, -0.15) is 0 Å². The molecule has 0 spiro atoms. The number of carbonyl (C=O) groups excluding carboxylic acids is 1. The number of piperidine rings is 1. The average molecular weight is 303 g/mol. The average Bonchev–Trinajstić information content (AvgIpc) is 2.38. The second kappa shape index (κ2) is 5.51. The summed E-state index contributed by atoms with van der Waals surface area (Å²) in [5, 5.41) is 2.99. The normalized spacial score (nSPS) is 25.2. The first kappa shape index (κ1) is 14.3. The summed E-state index contributed by atoms with van der Waals surface area (Å²) in [4.78, 5) is 12.0. The van der Waals surface area contributed by atoms with Crippen LogP contribution in [0.25, 0.3) is 0 Å². The van der Waals surface area contributed by atoms with Crippen molar-refractivity contribution in [3.05, 3.63) is 29.3 Å². The first-order valence-corrected chi connectivity index (χ1v) is 7.65. The van der Waals surface area contributed by atoms with Crippen LogP contribution in [0.5, 0.6) is 0 Å². The van der Waals surface area contributed by atoms with Gasteiger partial charge in [0.1, 0.15) is 0 Å². The first-order valence-electron chi connectivity index (χ1n) is 5.86. The molecule has 1 saturated heterocycles. The quantitative estimate of drug-likeness (QED) is 0.445. The van der Waals surface area contributed by atoms with Crippen molar-refractivity contribution in [2.24, 2.45) is 11.6 Å². The van der Waals surface area contributed by atoms with Gasteiger partial charge < -0.3 is 15.4 Å². The lowest BCUT2D eigenvalue weighted by atomic mass is 10.1. The van der Waals surface area contributed by atoms with Gasteiger partial charge in [-0.25, -0.2) is 5.84 Å². The number of hydrazine groups is 1. The summed E-state index contributed by atoms with van der Waals surface area (Å²) in [7, 11) is -2.57. The number of anilines is 1. The standard InChI is InChI=1S/C11H16ClN4O2P/c12-8-2-4-9(5-3-8)15-19(18)11(13)6-1-7-16(14)10(11)17/h2-5,19H,1,6-7,13-14H2,(H,15,18)/t11-/m0/s1. The molecule has 1 aliphatic heterocycles. The van der Waals surface area contributed by atoms with Gasteiger partial charge >= 0.3 is 0 Å². The lowest BCUT2D eigenvalue weighted by molar-refractivity contribution is -0.136. The van der Waals surface area contributed by atoms with Gasteiger partial charge in [0.15, 0.2) is 13.2 Å². The number of benzene rings is 1. The number of nitrogens with zero attached hydrogens (tertiary/aromatic N) is 1. The van der Waals surface area contributed by atoms with Gasteiger partial charge in [0, 0.05) is 17.3 Å². The third-order valence-electron chi connectivity index (χ3n) is 3.12. The van der Waals surface area contributed by atoms with E-state index in [4.69, 9.17) is 23.2 Å². The van der Waals surface area contributed by atoms with E-state index >= 15 is 0 Å². The number of hydrogen-bond donors (Lipinski definition) is 3. The molecule has 0 bridgehead atoms. The summed E-state index contributed by atoms with van der Waals surface area (Å²) < 4.78 is 12.3. The highest BCUT2D eigenvalue weighted by molar-refractivity contribution is 7.49. The topological polar surface area (TPSA) is 101 Å². The molecule has 1 fully saturated rings. The molecule has 6 nitrogen and oxygen atoms in total. The summed E-state index contributed by atoms with van der Waals surface area (Å²) in [6.07, 6.45) is 0.995. The summed E-state index contributed by atoms with van der Waals surface area (Å²) in [6.45, 7) is 0.438. The van der Waals surface area contributed by atoms with Crippen LogP contribution >= 0.6 is 19.6 Å². The smallest absolute Gasteiger partial charge is 0.265 e.